The Labute approximate surface area is 176 Å². The van der Waals surface area contributed by atoms with Gasteiger partial charge in [-0.2, -0.15) is 5.10 Å². The topological polar surface area (TPSA) is 83.0 Å². The maximum atomic E-state index is 14.9. The molecule has 2 aromatic heterocycles. The molecule has 4 aromatic rings. The summed E-state index contributed by atoms with van der Waals surface area (Å²) in [6.45, 7) is 2.35. The van der Waals surface area contributed by atoms with Gasteiger partial charge >= 0.3 is 0 Å². The van der Waals surface area contributed by atoms with Gasteiger partial charge in [0.15, 0.2) is 17.8 Å². The number of fused-ring (bicyclic) bond motifs is 2. The van der Waals surface area contributed by atoms with E-state index < -0.39 is 23.6 Å². The lowest BCUT2D eigenvalue weighted by molar-refractivity contribution is -0.0369. The summed E-state index contributed by atoms with van der Waals surface area (Å²) in [5.41, 5.74) is 7.82. The van der Waals surface area contributed by atoms with Gasteiger partial charge in [-0.05, 0) is 49.9 Å². The van der Waals surface area contributed by atoms with Crippen molar-refractivity contribution in [3.63, 3.8) is 0 Å². The molecule has 5 rings (SSSR count). The lowest BCUT2D eigenvalue weighted by Crippen LogP contribution is -2.19. The van der Waals surface area contributed by atoms with Crippen molar-refractivity contribution in [3.05, 3.63) is 65.0 Å². The summed E-state index contributed by atoms with van der Waals surface area (Å²) in [5, 5.41) is 4.94. The number of carbonyl (C=O) groups is 1. The lowest BCUT2D eigenvalue weighted by Gasteiger charge is -2.23. The second kappa shape index (κ2) is 7.39. The molecule has 0 amide bonds. The number of ether oxygens (including phenoxy) is 1. The quantitative estimate of drug-likeness (QED) is 0.383. The Morgan fingerprint density at radius 3 is 2.84 bits per heavy atom. The van der Waals surface area contributed by atoms with Gasteiger partial charge in [0, 0.05) is 35.2 Å². The molecule has 0 aliphatic carbocycles. The fourth-order valence-corrected chi connectivity index (χ4v) is 4.30. The largest absolute Gasteiger partial charge is 0.398 e. The molecule has 1 aliphatic heterocycles. The third-order valence-electron chi connectivity index (χ3n) is 5.81. The molecule has 1 aliphatic rings. The summed E-state index contributed by atoms with van der Waals surface area (Å²) in [6, 6.07) is 5.80. The van der Waals surface area contributed by atoms with E-state index in [9.17, 15) is 13.6 Å². The number of hydrogen-bond donors (Lipinski definition) is 1. The molecule has 1 fully saturated rings. The number of anilines is 1. The molecule has 31 heavy (non-hydrogen) atoms. The van der Waals surface area contributed by atoms with Crippen LogP contribution in [0.3, 0.4) is 0 Å². The molecule has 3 heterocycles. The number of pyridine rings is 1. The fourth-order valence-electron chi connectivity index (χ4n) is 4.30. The first-order valence-electron chi connectivity index (χ1n) is 10.1. The standard InChI is InChI=1S/C23H20F2N4O2/c1-12-9-14(20(26)13-5-4-7-27-21(12)13)23(30)19-15-11-28-29(18-6-2-3-8-31-18)22(15)17(25)10-16(19)24/h4-5,7,9-11,18H,2-3,6,8,26H2,1H3. The maximum Gasteiger partial charge on any atom is 0.198 e. The highest BCUT2D eigenvalue weighted by atomic mass is 19.1. The number of nitrogens with zero attached hydrogens (tertiary/aromatic N) is 3. The highest BCUT2D eigenvalue weighted by molar-refractivity contribution is 6.21. The number of aryl methyl sites for hydroxylation is 1. The molecule has 1 unspecified atom stereocenters. The van der Waals surface area contributed by atoms with Crippen LogP contribution in [0.2, 0.25) is 0 Å². The first-order chi connectivity index (χ1) is 15.0. The van der Waals surface area contributed by atoms with Crippen LogP contribution in [0.25, 0.3) is 21.8 Å². The zero-order chi connectivity index (χ0) is 21.7. The summed E-state index contributed by atoms with van der Waals surface area (Å²) in [5.74, 6) is -2.37. The van der Waals surface area contributed by atoms with Crippen LogP contribution in [0.1, 0.15) is 47.0 Å². The average molecular weight is 422 g/mol. The van der Waals surface area contributed by atoms with Crippen LogP contribution in [-0.2, 0) is 4.74 Å². The number of hydrogen-bond acceptors (Lipinski definition) is 5. The molecule has 1 atom stereocenters. The van der Waals surface area contributed by atoms with E-state index in [4.69, 9.17) is 10.5 Å². The van der Waals surface area contributed by atoms with Gasteiger partial charge in [-0.15, -0.1) is 0 Å². The highest BCUT2D eigenvalue weighted by Gasteiger charge is 2.28. The van der Waals surface area contributed by atoms with E-state index in [1.807, 2.05) is 0 Å². The van der Waals surface area contributed by atoms with E-state index in [0.29, 0.717) is 23.9 Å². The Hall–Kier alpha value is -3.39. The minimum atomic E-state index is -0.956. The van der Waals surface area contributed by atoms with E-state index in [1.54, 1.807) is 31.3 Å². The van der Waals surface area contributed by atoms with Gasteiger partial charge in [0.05, 0.1) is 23.0 Å². The Morgan fingerprint density at radius 2 is 2.06 bits per heavy atom. The number of rotatable bonds is 3. The fraction of sp³-hybridized carbons (Fsp3) is 0.261. The van der Waals surface area contributed by atoms with Crippen molar-refractivity contribution >= 4 is 33.3 Å². The van der Waals surface area contributed by atoms with E-state index >= 15 is 0 Å². The predicted molar refractivity (Wildman–Crippen MR) is 113 cm³/mol. The number of halogens is 2. The first-order valence-corrected chi connectivity index (χ1v) is 10.1. The van der Waals surface area contributed by atoms with Gasteiger partial charge in [-0.25, -0.2) is 13.5 Å². The van der Waals surface area contributed by atoms with Crippen molar-refractivity contribution in [1.29, 1.82) is 0 Å². The van der Waals surface area contributed by atoms with Crippen molar-refractivity contribution in [3.8, 4) is 0 Å². The molecule has 6 nitrogen and oxygen atoms in total. The van der Waals surface area contributed by atoms with Crippen LogP contribution < -0.4 is 5.73 Å². The maximum absolute atomic E-state index is 14.9. The van der Waals surface area contributed by atoms with Crippen molar-refractivity contribution in [2.24, 2.45) is 0 Å². The number of carbonyl (C=O) groups excluding carboxylic acids is 1. The van der Waals surface area contributed by atoms with Crippen LogP contribution in [0.4, 0.5) is 14.5 Å². The highest BCUT2D eigenvalue weighted by Crippen LogP contribution is 2.34. The summed E-state index contributed by atoms with van der Waals surface area (Å²) < 4.78 is 36.8. The molecule has 2 N–H and O–H groups in total. The summed E-state index contributed by atoms with van der Waals surface area (Å²) >= 11 is 0. The zero-order valence-corrected chi connectivity index (χ0v) is 16.9. The van der Waals surface area contributed by atoms with Gasteiger partial charge in [-0.3, -0.25) is 9.78 Å². The minimum Gasteiger partial charge on any atom is -0.398 e. The SMILES string of the molecule is Cc1cc(C(=O)c2c(F)cc(F)c3c2cnn3C2CCCCO2)c(N)c2cccnc12. The predicted octanol–water partition coefficient (Wildman–Crippen LogP) is 4.68. The van der Waals surface area contributed by atoms with Gasteiger partial charge in [0.25, 0.3) is 0 Å². The van der Waals surface area contributed by atoms with Crippen molar-refractivity contribution in [2.75, 3.05) is 12.3 Å². The monoisotopic (exact) mass is 422 g/mol. The molecule has 1 saturated heterocycles. The van der Waals surface area contributed by atoms with Gasteiger partial charge in [0.2, 0.25) is 0 Å². The van der Waals surface area contributed by atoms with E-state index in [-0.39, 0.29) is 27.7 Å². The minimum absolute atomic E-state index is 0.0504. The number of ketones is 1. The normalized spacial score (nSPS) is 16.8. The molecular weight excluding hydrogens is 402 g/mol. The van der Waals surface area contributed by atoms with Gasteiger partial charge in [0.1, 0.15) is 11.3 Å². The van der Waals surface area contributed by atoms with Gasteiger partial charge < -0.3 is 10.5 Å². The van der Waals surface area contributed by atoms with Crippen molar-refractivity contribution in [2.45, 2.75) is 32.4 Å². The van der Waals surface area contributed by atoms with E-state index in [0.717, 1.165) is 24.5 Å². The van der Waals surface area contributed by atoms with Crippen LogP contribution >= 0.6 is 0 Å². The van der Waals surface area contributed by atoms with E-state index in [2.05, 4.69) is 10.1 Å². The van der Waals surface area contributed by atoms with Crippen LogP contribution in [-0.4, -0.2) is 27.2 Å². The van der Waals surface area contributed by atoms with Crippen LogP contribution in [0.15, 0.2) is 36.7 Å². The summed E-state index contributed by atoms with van der Waals surface area (Å²) in [7, 11) is 0. The number of nitrogens with two attached hydrogens (primary N) is 1. The molecule has 0 spiro atoms. The summed E-state index contributed by atoms with van der Waals surface area (Å²) in [6.07, 6.45) is 5.02. The number of aromatic nitrogens is 3. The van der Waals surface area contributed by atoms with Crippen molar-refractivity contribution in [1.82, 2.24) is 14.8 Å². The zero-order valence-electron chi connectivity index (χ0n) is 16.9. The molecule has 2 aromatic carbocycles. The third-order valence-corrected chi connectivity index (χ3v) is 5.81. The molecule has 8 heteroatoms. The third kappa shape index (κ3) is 3.06. The van der Waals surface area contributed by atoms with Crippen LogP contribution in [0, 0.1) is 18.6 Å². The Bertz CT molecular complexity index is 1340. The molecule has 0 radical (unpaired) electrons. The lowest BCUT2D eigenvalue weighted by atomic mass is 9.94. The van der Waals surface area contributed by atoms with Crippen LogP contribution in [0.5, 0.6) is 0 Å². The Morgan fingerprint density at radius 1 is 1.23 bits per heavy atom. The summed E-state index contributed by atoms with van der Waals surface area (Å²) in [4.78, 5) is 17.8. The Kier molecular flexibility index (Phi) is 4.66. The number of nitrogen functional groups attached to an aromatic ring is 1. The first kappa shape index (κ1) is 19.6. The second-order valence-electron chi connectivity index (χ2n) is 7.77. The van der Waals surface area contributed by atoms with Crippen molar-refractivity contribution < 1.29 is 18.3 Å². The second-order valence-corrected chi connectivity index (χ2v) is 7.77. The smallest absolute Gasteiger partial charge is 0.198 e. The van der Waals surface area contributed by atoms with Gasteiger partial charge in [-0.1, -0.05) is 0 Å². The average Bonchev–Trinajstić information content (AvgIpc) is 3.22. The van der Waals surface area contributed by atoms with E-state index in [1.165, 1.54) is 10.9 Å². The molecule has 0 bridgehead atoms. The molecule has 0 saturated carbocycles. The molecular formula is C23H20F2N4O2. The molecule has 158 valence electrons. The Balaban J connectivity index is 1.70. The number of benzene rings is 2.